The number of benzene rings is 2. The molecule has 0 unspecified atom stereocenters. The Morgan fingerprint density at radius 3 is 2.38 bits per heavy atom. The first-order valence-electron chi connectivity index (χ1n) is 9.77. The molecule has 1 aliphatic heterocycles. The molecule has 4 rings (SSSR count). The third kappa shape index (κ3) is 6.20. The molecule has 174 valence electrons. The molecule has 0 bridgehead atoms. The van der Waals surface area contributed by atoms with E-state index in [0.717, 1.165) is 24.1 Å². The highest BCUT2D eigenvalue weighted by atomic mass is 35.5. The zero-order valence-corrected chi connectivity index (χ0v) is 20.1. The van der Waals surface area contributed by atoms with Crippen LogP contribution in [0.1, 0.15) is 21.3 Å². The summed E-state index contributed by atoms with van der Waals surface area (Å²) in [6.45, 7) is 1.26. The molecule has 7 nitrogen and oxygen atoms in total. The number of thiazole rings is 1. The van der Waals surface area contributed by atoms with Gasteiger partial charge in [-0.1, -0.05) is 29.3 Å². The fourth-order valence-electron chi connectivity index (χ4n) is 3.09. The van der Waals surface area contributed by atoms with Gasteiger partial charge >= 0.3 is 0 Å². The number of nitrogens with two attached hydrogens (primary N) is 1. The number of anilines is 2. The first-order valence-corrected chi connectivity index (χ1v) is 12.9. The van der Waals surface area contributed by atoms with Gasteiger partial charge in [-0.05, 0) is 61.3 Å². The largest absolute Gasteiger partial charge is 0.330 e. The van der Waals surface area contributed by atoms with Crippen LogP contribution in [0, 0.1) is 0 Å². The Labute approximate surface area is 204 Å². The molecule has 1 fully saturated rings. The van der Waals surface area contributed by atoms with Crippen LogP contribution in [-0.2, 0) is 21.2 Å². The minimum Gasteiger partial charge on any atom is -0.330 e. The fraction of sp³-hybridized carbons (Fsp3) is 0.238. The number of nitrogens with zero attached hydrogens (tertiary/aromatic N) is 2. The maximum Gasteiger partial charge on any atom is 0.263 e. The molecule has 2 aromatic carbocycles. The fourth-order valence-corrected chi connectivity index (χ4v) is 5.46. The molecule has 11 heteroatoms. The normalized spacial score (nSPS) is 13.6. The average Bonchev–Trinajstić information content (AvgIpc) is 3.43. The number of nitrogens with one attached hydrogen (secondary N) is 1. The SMILES string of the molecule is NCCc1c(Cl)cccc1Cl.O=C1CCCN1c1ccc(S(=O)(=O)Nc2nccs2)cc1.[HH].[HH]. The number of hydrogen-bond acceptors (Lipinski definition) is 6. The van der Waals surface area contributed by atoms with E-state index >= 15 is 0 Å². The van der Waals surface area contributed by atoms with Crippen molar-refractivity contribution in [3.05, 3.63) is 69.7 Å². The van der Waals surface area contributed by atoms with Crippen LogP contribution in [0.2, 0.25) is 10.0 Å². The summed E-state index contributed by atoms with van der Waals surface area (Å²) in [5.74, 6) is 0.0755. The molecule has 0 radical (unpaired) electrons. The Morgan fingerprint density at radius 1 is 1.16 bits per heavy atom. The highest BCUT2D eigenvalue weighted by Gasteiger charge is 2.22. The van der Waals surface area contributed by atoms with E-state index in [1.54, 1.807) is 22.4 Å². The molecule has 3 N–H and O–H groups in total. The molecule has 3 aromatic rings. The van der Waals surface area contributed by atoms with Gasteiger partial charge in [0.05, 0.1) is 4.90 Å². The lowest BCUT2D eigenvalue weighted by Gasteiger charge is -2.16. The second kappa shape index (κ2) is 11.1. The summed E-state index contributed by atoms with van der Waals surface area (Å²) in [5, 5.41) is 3.42. The predicted molar refractivity (Wildman–Crippen MR) is 134 cm³/mol. The van der Waals surface area contributed by atoms with Crippen molar-refractivity contribution in [1.82, 2.24) is 4.98 Å². The number of amides is 1. The predicted octanol–water partition coefficient (Wildman–Crippen LogP) is 5.06. The minimum atomic E-state index is -3.64. The third-order valence-corrected chi connectivity index (χ3v) is 7.52. The van der Waals surface area contributed by atoms with Crippen molar-refractivity contribution in [1.29, 1.82) is 0 Å². The van der Waals surface area contributed by atoms with Crippen LogP contribution in [0.15, 0.2) is 58.9 Å². The molecule has 1 aliphatic rings. The summed E-state index contributed by atoms with van der Waals surface area (Å²) in [5.41, 5.74) is 7.05. The molecule has 0 aliphatic carbocycles. The zero-order valence-electron chi connectivity index (χ0n) is 17.0. The first-order chi connectivity index (χ1) is 15.3. The molecule has 32 heavy (non-hydrogen) atoms. The number of sulfonamides is 1. The zero-order chi connectivity index (χ0) is 23.1. The van der Waals surface area contributed by atoms with Crippen LogP contribution >= 0.6 is 34.5 Å². The van der Waals surface area contributed by atoms with Crippen LogP contribution in [0.3, 0.4) is 0 Å². The van der Waals surface area contributed by atoms with Crippen LogP contribution in [0.4, 0.5) is 10.8 Å². The topological polar surface area (TPSA) is 105 Å². The Kier molecular flexibility index (Phi) is 8.50. The van der Waals surface area contributed by atoms with Crippen LogP contribution in [-0.4, -0.2) is 32.4 Å². The van der Waals surface area contributed by atoms with Crippen molar-refractivity contribution in [3.63, 3.8) is 0 Å². The molecule has 1 saturated heterocycles. The molecule has 1 aromatic heterocycles. The maximum atomic E-state index is 12.2. The van der Waals surface area contributed by atoms with Crippen molar-refractivity contribution in [2.24, 2.45) is 5.73 Å². The van der Waals surface area contributed by atoms with Gasteiger partial charge in [0.1, 0.15) is 0 Å². The Morgan fingerprint density at radius 2 is 1.84 bits per heavy atom. The van der Waals surface area contributed by atoms with E-state index in [0.29, 0.717) is 34.7 Å². The van der Waals surface area contributed by atoms with E-state index in [9.17, 15) is 13.2 Å². The summed E-state index contributed by atoms with van der Waals surface area (Å²) in [7, 11) is -3.64. The number of halogens is 2. The third-order valence-electron chi connectivity index (χ3n) is 4.64. The van der Waals surface area contributed by atoms with Gasteiger partial charge in [-0.3, -0.25) is 9.52 Å². The van der Waals surface area contributed by atoms with E-state index in [1.165, 1.54) is 29.7 Å². The monoisotopic (exact) mass is 516 g/mol. The van der Waals surface area contributed by atoms with Crippen LogP contribution in [0.25, 0.3) is 0 Å². The lowest BCUT2D eigenvalue weighted by molar-refractivity contribution is -0.117. The Balaban J connectivity index is 0.000000382. The van der Waals surface area contributed by atoms with Gasteiger partial charge in [0.15, 0.2) is 5.13 Å². The van der Waals surface area contributed by atoms with E-state index in [1.807, 2.05) is 18.2 Å². The molecule has 1 amide bonds. The summed E-state index contributed by atoms with van der Waals surface area (Å²) in [4.78, 5) is 17.4. The highest BCUT2D eigenvalue weighted by molar-refractivity contribution is 7.93. The molecular formula is C21H26Cl2N4O3S2. The van der Waals surface area contributed by atoms with Crippen molar-refractivity contribution < 1.29 is 16.1 Å². The second-order valence-electron chi connectivity index (χ2n) is 6.82. The van der Waals surface area contributed by atoms with Gasteiger partial charge < -0.3 is 10.6 Å². The lowest BCUT2D eigenvalue weighted by atomic mass is 10.1. The van der Waals surface area contributed by atoms with Gasteiger partial charge in [-0.15, -0.1) is 11.3 Å². The number of rotatable bonds is 6. The standard InChI is InChI=1S/C13H13N3O3S2.C8H9Cl2N.2H2/c17-12-2-1-8-16(12)10-3-5-11(6-4-10)21(18,19)15-13-14-7-9-20-13;9-7-2-1-3-8(10)6(7)4-5-11;;/h3-7,9H,1-2,8H2,(H,14,15);1-3H,4-5,11H2;2*1H. The average molecular weight is 518 g/mol. The first kappa shape index (κ1) is 24.5. The Hall–Kier alpha value is -2.17. The minimum absolute atomic E-state index is 0. The molecule has 0 saturated carbocycles. The number of carbonyl (C=O) groups excluding carboxylic acids is 1. The maximum absolute atomic E-state index is 12.2. The van der Waals surface area contributed by atoms with Gasteiger partial charge in [-0.25, -0.2) is 13.4 Å². The van der Waals surface area contributed by atoms with Gasteiger partial charge in [-0.2, -0.15) is 0 Å². The van der Waals surface area contributed by atoms with E-state index in [-0.39, 0.29) is 13.7 Å². The Bertz CT molecular complexity index is 1150. The smallest absolute Gasteiger partial charge is 0.263 e. The number of aromatic nitrogens is 1. The van der Waals surface area contributed by atoms with E-state index < -0.39 is 10.0 Å². The van der Waals surface area contributed by atoms with E-state index in [4.69, 9.17) is 28.9 Å². The molecular weight excluding hydrogens is 491 g/mol. The van der Waals surface area contributed by atoms with Crippen molar-refractivity contribution in [2.75, 3.05) is 22.7 Å². The quantitative estimate of drug-likeness (QED) is 0.476. The van der Waals surface area contributed by atoms with Crippen molar-refractivity contribution >= 4 is 61.3 Å². The molecule has 0 spiro atoms. The van der Waals surface area contributed by atoms with E-state index in [2.05, 4.69) is 9.71 Å². The summed E-state index contributed by atoms with van der Waals surface area (Å²) in [6.07, 6.45) is 3.65. The molecule has 0 atom stereocenters. The molecule has 2 heterocycles. The van der Waals surface area contributed by atoms with Crippen LogP contribution in [0.5, 0.6) is 0 Å². The lowest BCUT2D eigenvalue weighted by Crippen LogP contribution is -2.23. The summed E-state index contributed by atoms with van der Waals surface area (Å²) < 4.78 is 26.8. The van der Waals surface area contributed by atoms with Crippen LogP contribution < -0.4 is 15.4 Å². The van der Waals surface area contributed by atoms with Crippen molar-refractivity contribution in [3.8, 4) is 0 Å². The van der Waals surface area contributed by atoms with Crippen molar-refractivity contribution in [2.45, 2.75) is 24.2 Å². The number of hydrogen-bond donors (Lipinski definition) is 2. The number of carbonyl (C=O) groups is 1. The summed E-state index contributed by atoms with van der Waals surface area (Å²) in [6, 6.07) is 11.8. The van der Waals surface area contributed by atoms with Gasteiger partial charge in [0.2, 0.25) is 5.91 Å². The second-order valence-corrected chi connectivity index (χ2v) is 10.2. The van der Waals surface area contributed by atoms with Gasteiger partial charge in [0, 0.05) is 43.1 Å². The van der Waals surface area contributed by atoms with Gasteiger partial charge in [0.25, 0.3) is 10.0 Å². The highest BCUT2D eigenvalue weighted by Crippen LogP contribution is 2.25. The summed E-state index contributed by atoms with van der Waals surface area (Å²) >= 11 is 13.0.